The molecule has 2 aromatic carbocycles. The number of nitrogens with zero attached hydrogens (tertiary/aromatic N) is 2. The predicted molar refractivity (Wildman–Crippen MR) is 109 cm³/mol. The van der Waals surface area contributed by atoms with Gasteiger partial charge in [0.25, 0.3) is 0 Å². The van der Waals surface area contributed by atoms with Crippen molar-refractivity contribution < 1.29 is 9.50 Å². The van der Waals surface area contributed by atoms with Crippen LogP contribution in [0.1, 0.15) is 48.4 Å². The van der Waals surface area contributed by atoms with E-state index < -0.39 is 0 Å². The van der Waals surface area contributed by atoms with Crippen molar-refractivity contribution in [2.24, 2.45) is 0 Å². The third-order valence-electron chi connectivity index (χ3n) is 6.08. The Balaban J connectivity index is 1.99. The molecule has 1 aliphatic rings. The van der Waals surface area contributed by atoms with Crippen molar-refractivity contribution in [1.82, 2.24) is 4.57 Å². The number of nitrogen functional groups attached to an aromatic ring is 1. The molecule has 5 heteroatoms. The van der Waals surface area contributed by atoms with Gasteiger partial charge in [0, 0.05) is 40.0 Å². The summed E-state index contributed by atoms with van der Waals surface area (Å²) in [6, 6.07) is 9.34. The largest absolute Gasteiger partial charge is 0.398 e. The van der Waals surface area contributed by atoms with E-state index in [0.717, 1.165) is 47.7 Å². The summed E-state index contributed by atoms with van der Waals surface area (Å²) in [6.45, 7) is 3.75. The Kier molecular flexibility index (Phi) is 4.60. The number of nitriles is 1. The molecule has 0 amide bonds. The van der Waals surface area contributed by atoms with Crippen molar-refractivity contribution in [3.05, 3.63) is 53.0 Å². The number of hydrogen-bond donors (Lipinski definition) is 2. The number of fused-ring (bicyclic) bond motifs is 1. The van der Waals surface area contributed by atoms with Crippen LogP contribution in [0.3, 0.4) is 0 Å². The minimum Gasteiger partial charge on any atom is -0.398 e. The van der Waals surface area contributed by atoms with E-state index in [1.54, 1.807) is 6.07 Å². The molecule has 3 N–H and O–H groups in total. The highest BCUT2D eigenvalue weighted by atomic mass is 19.1. The fourth-order valence-electron chi connectivity index (χ4n) is 4.38. The SMILES string of the molecule is Cc1cc2c(cc1C#N)c(-c1c(F)ccc(N)c1C)cn2[C@H]1CC[C@@H](O)CC1. The lowest BCUT2D eigenvalue weighted by Gasteiger charge is -2.27. The second-order valence-corrected chi connectivity index (χ2v) is 7.85. The van der Waals surface area contributed by atoms with E-state index in [-0.39, 0.29) is 18.0 Å². The fraction of sp³-hybridized carbons (Fsp3) is 0.348. The van der Waals surface area contributed by atoms with Gasteiger partial charge in [-0.2, -0.15) is 5.26 Å². The molecule has 28 heavy (non-hydrogen) atoms. The molecule has 1 fully saturated rings. The Morgan fingerprint density at radius 3 is 2.57 bits per heavy atom. The summed E-state index contributed by atoms with van der Waals surface area (Å²) in [5, 5.41) is 20.2. The summed E-state index contributed by atoms with van der Waals surface area (Å²) in [5.74, 6) is -0.316. The first-order valence-electron chi connectivity index (χ1n) is 9.69. The normalized spacial score (nSPS) is 19.7. The Hall–Kier alpha value is -2.84. The maximum absolute atomic E-state index is 14.8. The van der Waals surface area contributed by atoms with Gasteiger partial charge in [-0.05, 0) is 74.9 Å². The summed E-state index contributed by atoms with van der Waals surface area (Å²) in [6.07, 6.45) is 5.04. The first-order chi connectivity index (χ1) is 13.4. The van der Waals surface area contributed by atoms with Crippen LogP contribution in [0.5, 0.6) is 0 Å². The van der Waals surface area contributed by atoms with Gasteiger partial charge in [0.2, 0.25) is 0 Å². The number of hydrogen-bond acceptors (Lipinski definition) is 3. The smallest absolute Gasteiger partial charge is 0.131 e. The first kappa shape index (κ1) is 18.5. The van der Waals surface area contributed by atoms with E-state index in [1.165, 1.54) is 6.07 Å². The molecular formula is C23H24FN3O. The summed E-state index contributed by atoms with van der Waals surface area (Å²) in [4.78, 5) is 0. The number of aliphatic hydroxyl groups is 1. The number of aryl methyl sites for hydroxylation is 1. The standard InChI is InChI=1S/C23H24FN3O/c1-13-9-22-18(10-15(13)11-25)19(23-14(2)21(26)8-7-20(23)24)12-27(22)16-3-5-17(28)6-4-16/h7-10,12,16-17,28H,3-6,26H2,1-2H3/t16-,17+. The van der Waals surface area contributed by atoms with Crippen molar-refractivity contribution in [2.75, 3.05) is 5.73 Å². The highest BCUT2D eigenvalue weighted by molar-refractivity contribution is 5.99. The van der Waals surface area contributed by atoms with Gasteiger partial charge in [0.05, 0.1) is 17.7 Å². The van der Waals surface area contributed by atoms with Crippen LogP contribution in [0.2, 0.25) is 0 Å². The molecule has 1 aromatic heterocycles. The van der Waals surface area contributed by atoms with Crippen molar-refractivity contribution >= 4 is 16.6 Å². The molecule has 0 unspecified atom stereocenters. The summed E-state index contributed by atoms with van der Waals surface area (Å²) in [7, 11) is 0. The minimum absolute atomic E-state index is 0.238. The summed E-state index contributed by atoms with van der Waals surface area (Å²) >= 11 is 0. The van der Waals surface area contributed by atoms with Crippen LogP contribution >= 0.6 is 0 Å². The van der Waals surface area contributed by atoms with Gasteiger partial charge in [-0.1, -0.05) is 0 Å². The Morgan fingerprint density at radius 1 is 1.18 bits per heavy atom. The topological polar surface area (TPSA) is 75.0 Å². The lowest BCUT2D eigenvalue weighted by molar-refractivity contribution is 0.111. The monoisotopic (exact) mass is 377 g/mol. The molecule has 1 saturated carbocycles. The molecule has 0 saturated heterocycles. The van der Waals surface area contributed by atoms with Gasteiger partial charge in [0.1, 0.15) is 5.82 Å². The van der Waals surface area contributed by atoms with Crippen LogP contribution in [0.4, 0.5) is 10.1 Å². The Morgan fingerprint density at radius 2 is 1.89 bits per heavy atom. The third kappa shape index (κ3) is 2.94. The average Bonchev–Trinajstić information content (AvgIpc) is 3.03. The molecule has 0 radical (unpaired) electrons. The second kappa shape index (κ2) is 6.96. The van der Waals surface area contributed by atoms with Crippen LogP contribution in [-0.4, -0.2) is 15.8 Å². The molecule has 0 aliphatic heterocycles. The molecule has 4 nitrogen and oxygen atoms in total. The average molecular weight is 377 g/mol. The van der Waals surface area contributed by atoms with Crippen molar-refractivity contribution in [2.45, 2.75) is 51.7 Å². The van der Waals surface area contributed by atoms with Crippen LogP contribution in [-0.2, 0) is 0 Å². The molecule has 0 atom stereocenters. The zero-order valence-electron chi connectivity index (χ0n) is 16.2. The van der Waals surface area contributed by atoms with Crippen LogP contribution < -0.4 is 5.73 Å². The molecular weight excluding hydrogens is 353 g/mol. The van der Waals surface area contributed by atoms with Crippen LogP contribution in [0.15, 0.2) is 30.5 Å². The van der Waals surface area contributed by atoms with E-state index in [1.807, 2.05) is 32.2 Å². The number of rotatable bonds is 2. The lowest BCUT2D eigenvalue weighted by Crippen LogP contribution is -2.20. The van der Waals surface area contributed by atoms with E-state index >= 15 is 0 Å². The predicted octanol–water partition coefficient (Wildman–Crippen LogP) is 4.99. The van der Waals surface area contributed by atoms with E-state index in [0.29, 0.717) is 22.4 Å². The van der Waals surface area contributed by atoms with Crippen molar-refractivity contribution in [1.29, 1.82) is 5.26 Å². The minimum atomic E-state index is -0.316. The molecule has 1 aliphatic carbocycles. The number of benzene rings is 2. The molecule has 4 rings (SSSR count). The maximum atomic E-state index is 14.8. The van der Waals surface area contributed by atoms with Gasteiger partial charge in [-0.25, -0.2) is 4.39 Å². The number of anilines is 1. The van der Waals surface area contributed by atoms with Gasteiger partial charge in [-0.3, -0.25) is 0 Å². The Bertz CT molecular complexity index is 1100. The number of aliphatic hydroxyl groups excluding tert-OH is 1. The Labute approximate surface area is 164 Å². The fourth-order valence-corrected chi connectivity index (χ4v) is 4.38. The third-order valence-corrected chi connectivity index (χ3v) is 6.08. The second-order valence-electron chi connectivity index (χ2n) is 7.85. The summed E-state index contributed by atoms with van der Waals surface area (Å²) in [5.41, 5.74) is 11.1. The highest BCUT2D eigenvalue weighted by Crippen LogP contribution is 2.40. The van der Waals surface area contributed by atoms with E-state index in [4.69, 9.17) is 5.73 Å². The molecule has 144 valence electrons. The number of aromatic nitrogens is 1. The van der Waals surface area contributed by atoms with Crippen molar-refractivity contribution in [3.63, 3.8) is 0 Å². The van der Waals surface area contributed by atoms with Gasteiger partial charge < -0.3 is 15.4 Å². The molecule has 3 aromatic rings. The van der Waals surface area contributed by atoms with E-state index in [9.17, 15) is 14.8 Å². The zero-order valence-corrected chi connectivity index (χ0v) is 16.2. The number of halogens is 1. The van der Waals surface area contributed by atoms with Gasteiger partial charge >= 0.3 is 0 Å². The molecule has 0 bridgehead atoms. The number of nitrogens with two attached hydrogens (primary N) is 1. The van der Waals surface area contributed by atoms with Gasteiger partial charge in [-0.15, -0.1) is 0 Å². The molecule has 0 spiro atoms. The van der Waals surface area contributed by atoms with Crippen molar-refractivity contribution in [3.8, 4) is 17.2 Å². The first-order valence-corrected chi connectivity index (χ1v) is 9.69. The maximum Gasteiger partial charge on any atom is 0.131 e. The van der Waals surface area contributed by atoms with Crippen LogP contribution in [0, 0.1) is 31.0 Å². The lowest BCUT2D eigenvalue weighted by atomic mass is 9.93. The van der Waals surface area contributed by atoms with E-state index in [2.05, 4.69) is 10.6 Å². The summed E-state index contributed by atoms with van der Waals surface area (Å²) < 4.78 is 17.0. The van der Waals surface area contributed by atoms with Crippen LogP contribution in [0.25, 0.3) is 22.0 Å². The molecule has 1 heterocycles. The zero-order chi connectivity index (χ0) is 20.0. The van der Waals surface area contributed by atoms with Gasteiger partial charge in [0.15, 0.2) is 0 Å². The quantitative estimate of drug-likeness (QED) is 0.618. The highest BCUT2D eigenvalue weighted by Gasteiger charge is 2.25.